The van der Waals surface area contributed by atoms with Crippen molar-refractivity contribution in [1.82, 2.24) is 0 Å². The Bertz CT molecular complexity index is 317. The SMILES string of the molecule is CC1(C(O)CCc2ccccc2)OCCO1. The van der Waals surface area contributed by atoms with Gasteiger partial charge in [-0.3, -0.25) is 0 Å². The quantitative estimate of drug-likeness (QED) is 0.843. The Morgan fingerprint density at radius 2 is 1.88 bits per heavy atom. The van der Waals surface area contributed by atoms with Gasteiger partial charge in [0.2, 0.25) is 0 Å². The molecule has 16 heavy (non-hydrogen) atoms. The van der Waals surface area contributed by atoms with Gasteiger partial charge < -0.3 is 14.6 Å². The van der Waals surface area contributed by atoms with E-state index in [0.29, 0.717) is 19.6 Å². The van der Waals surface area contributed by atoms with E-state index in [9.17, 15) is 5.11 Å². The Hall–Kier alpha value is -0.900. The van der Waals surface area contributed by atoms with Gasteiger partial charge in [-0.1, -0.05) is 30.3 Å². The van der Waals surface area contributed by atoms with E-state index in [1.165, 1.54) is 5.56 Å². The maximum atomic E-state index is 10.0. The largest absolute Gasteiger partial charge is 0.388 e. The maximum absolute atomic E-state index is 10.0. The first-order valence-electron chi connectivity index (χ1n) is 5.70. The second-order valence-electron chi connectivity index (χ2n) is 4.25. The third-order valence-electron chi connectivity index (χ3n) is 3.02. The molecule has 1 aromatic carbocycles. The molecule has 2 rings (SSSR count). The summed E-state index contributed by atoms with van der Waals surface area (Å²) in [5.41, 5.74) is 1.23. The molecule has 0 saturated carbocycles. The van der Waals surface area contributed by atoms with E-state index in [2.05, 4.69) is 12.1 Å². The van der Waals surface area contributed by atoms with Crippen LogP contribution in [0, 0.1) is 0 Å². The smallest absolute Gasteiger partial charge is 0.191 e. The highest BCUT2D eigenvalue weighted by atomic mass is 16.7. The summed E-state index contributed by atoms with van der Waals surface area (Å²) in [5.74, 6) is -0.811. The summed E-state index contributed by atoms with van der Waals surface area (Å²) >= 11 is 0. The molecule has 0 spiro atoms. The Morgan fingerprint density at radius 3 is 2.50 bits per heavy atom. The Labute approximate surface area is 96.0 Å². The van der Waals surface area contributed by atoms with Crippen LogP contribution in [0.15, 0.2) is 30.3 Å². The Kier molecular flexibility index (Phi) is 3.59. The first kappa shape index (κ1) is 11.6. The van der Waals surface area contributed by atoms with Crippen molar-refractivity contribution in [3.63, 3.8) is 0 Å². The van der Waals surface area contributed by atoms with E-state index in [1.54, 1.807) is 6.92 Å². The lowest BCUT2D eigenvalue weighted by Gasteiger charge is -2.28. The van der Waals surface area contributed by atoms with Gasteiger partial charge in [0.1, 0.15) is 6.10 Å². The number of rotatable bonds is 4. The predicted octanol–water partition coefficient (Wildman–Crippen LogP) is 1.74. The first-order valence-corrected chi connectivity index (χ1v) is 5.70. The molecule has 1 heterocycles. The number of aryl methyl sites for hydroxylation is 1. The van der Waals surface area contributed by atoms with Crippen LogP contribution in [0.2, 0.25) is 0 Å². The molecule has 0 aliphatic carbocycles. The normalized spacial score (nSPS) is 20.9. The lowest BCUT2D eigenvalue weighted by atomic mass is 10.0. The number of aliphatic hydroxyl groups excluding tert-OH is 1. The molecule has 1 atom stereocenters. The number of ether oxygens (including phenoxy) is 2. The number of hydrogen-bond donors (Lipinski definition) is 1. The van der Waals surface area contributed by atoms with Crippen LogP contribution >= 0.6 is 0 Å². The van der Waals surface area contributed by atoms with Crippen molar-refractivity contribution in [2.45, 2.75) is 31.7 Å². The Balaban J connectivity index is 1.86. The molecule has 1 saturated heterocycles. The molecule has 1 fully saturated rings. The summed E-state index contributed by atoms with van der Waals surface area (Å²) in [5, 5.41) is 10.0. The monoisotopic (exact) mass is 222 g/mol. The highest BCUT2D eigenvalue weighted by molar-refractivity contribution is 5.14. The molecule has 0 bridgehead atoms. The summed E-state index contributed by atoms with van der Waals surface area (Å²) in [7, 11) is 0. The van der Waals surface area contributed by atoms with Crippen LogP contribution < -0.4 is 0 Å². The van der Waals surface area contributed by atoms with Crippen molar-refractivity contribution in [2.75, 3.05) is 13.2 Å². The first-order chi connectivity index (χ1) is 7.71. The molecule has 1 unspecified atom stereocenters. The van der Waals surface area contributed by atoms with Crippen molar-refractivity contribution in [3.05, 3.63) is 35.9 Å². The van der Waals surface area contributed by atoms with Crippen molar-refractivity contribution in [2.24, 2.45) is 0 Å². The molecule has 3 nitrogen and oxygen atoms in total. The molecular formula is C13H18O3. The summed E-state index contributed by atoms with van der Waals surface area (Å²) in [6.07, 6.45) is 0.917. The van der Waals surface area contributed by atoms with Gasteiger partial charge in [-0.15, -0.1) is 0 Å². The van der Waals surface area contributed by atoms with E-state index in [1.807, 2.05) is 18.2 Å². The van der Waals surface area contributed by atoms with Crippen LogP contribution in [0.4, 0.5) is 0 Å². The van der Waals surface area contributed by atoms with Gasteiger partial charge in [0, 0.05) is 0 Å². The average molecular weight is 222 g/mol. The minimum Gasteiger partial charge on any atom is -0.388 e. The van der Waals surface area contributed by atoms with Crippen LogP contribution in [0.25, 0.3) is 0 Å². The van der Waals surface area contributed by atoms with Gasteiger partial charge in [-0.05, 0) is 25.3 Å². The molecule has 3 heteroatoms. The van der Waals surface area contributed by atoms with Gasteiger partial charge >= 0.3 is 0 Å². The molecule has 0 aromatic heterocycles. The van der Waals surface area contributed by atoms with Crippen molar-refractivity contribution >= 4 is 0 Å². The summed E-state index contributed by atoms with van der Waals surface area (Å²) < 4.78 is 10.8. The zero-order valence-corrected chi connectivity index (χ0v) is 9.56. The van der Waals surface area contributed by atoms with E-state index in [0.717, 1.165) is 6.42 Å². The predicted molar refractivity (Wildman–Crippen MR) is 61.1 cm³/mol. The van der Waals surface area contributed by atoms with E-state index in [4.69, 9.17) is 9.47 Å². The molecule has 0 radical (unpaired) electrons. The summed E-state index contributed by atoms with van der Waals surface area (Å²) in [4.78, 5) is 0. The van der Waals surface area contributed by atoms with E-state index < -0.39 is 11.9 Å². The molecule has 0 amide bonds. The molecule has 1 aliphatic rings. The summed E-state index contributed by atoms with van der Waals surface area (Å²) in [6, 6.07) is 10.1. The van der Waals surface area contributed by atoms with Gasteiger partial charge in [-0.25, -0.2) is 0 Å². The fourth-order valence-electron chi connectivity index (χ4n) is 1.93. The minimum atomic E-state index is -0.811. The topological polar surface area (TPSA) is 38.7 Å². The molecule has 1 N–H and O–H groups in total. The fraction of sp³-hybridized carbons (Fsp3) is 0.538. The number of aliphatic hydroxyl groups is 1. The van der Waals surface area contributed by atoms with Crippen LogP contribution in [0.5, 0.6) is 0 Å². The average Bonchev–Trinajstić information content (AvgIpc) is 2.76. The zero-order valence-electron chi connectivity index (χ0n) is 9.56. The highest BCUT2D eigenvalue weighted by Gasteiger charge is 2.38. The second-order valence-corrected chi connectivity index (χ2v) is 4.25. The maximum Gasteiger partial charge on any atom is 0.191 e. The lowest BCUT2D eigenvalue weighted by Crippen LogP contribution is -2.40. The molecule has 1 aliphatic heterocycles. The van der Waals surface area contributed by atoms with Crippen molar-refractivity contribution < 1.29 is 14.6 Å². The number of hydrogen-bond acceptors (Lipinski definition) is 3. The number of benzene rings is 1. The van der Waals surface area contributed by atoms with E-state index >= 15 is 0 Å². The molecule has 1 aromatic rings. The van der Waals surface area contributed by atoms with E-state index in [-0.39, 0.29) is 0 Å². The van der Waals surface area contributed by atoms with Crippen LogP contribution in [-0.2, 0) is 15.9 Å². The third-order valence-corrected chi connectivity index (χ3v) is 3.02. The van der Waals surface area contributed by atoms with Gasteiger partial charge in [0.05, 0.1) is 13.2 Å². The third kappa shape index (κ3) is 2.61. The summed E-state index contributed by atoms with van der Waals surface area (Å²) in [6.45, 7) is 2.94. The van der Waals surface area contributed by atoms with Crippen molar-refractivity contribution in [1.29, 1.82) is 0 Å². The highest BCUT2D eigenvalue weighted by Crippen LogP contribution is 2.25. The second kappa shape index (κ2) is 4.95. The fourth-order valence-corrected chi connectivity index (χ4v) is 1.93. The van der Waals surface area contributed by atoms with Crippen LogP contribution in [0.3, 0.4) is 0 Å². The molecular weight excluding hydrogens is 204 g/mol. The van der Waals surface area contributed by atoms with Crippen LogP contribution in [-0.4, -0.2) is 30.2 Å². The van der Waals surface area contributed by atoms with Crippen molar-refractivity contribution in [3.8, 4) is 0 Å². The van der Waals surface area contributed by atoms with Gasteiger partial charge in [0.15, 0.2) is 5.79 Å². The standard InChI is InChI=1S/C13H18O3/c1-13(15-9-10-16-13)12(14)8-7-11-5-3-2-4-6-11/h2-6,12,14H,7-10H2,1H3. The minimum absolute atomic E-state index is 0.568. The lowest BCUT2D eigenvalue weighted by molar-refractivity contribution is -0.208. The van der Waals surface area contributed by atoms with Gasteiger partial charge in [-0.2, -0.15) is 0 Å². The molecule has 88 valence electrons. The van der Waals surface area contributed by atoms with Crippen LogP contribution in [0.1, 0.15) is 18.9 Å². The zero-order chi connectivity index (χ0) is 11.4. The van der Waals surface area contributed by atoms with Gasteiger partial charge in [0.25, 0.3) is 0 Å². The Morgan fingerprint density at radius 1 is 1.25 bits per heavy atom.